The van der Waals surface area contributed by atoms with E-state index < -0.39 is 5.82 Å². The van der Waals surface area contributed by atoms with E-state index in [1.54, 1.807) is 0 Å². The molecule has 0 atom stereocenters. The number of carbonyl (C=O) groups is 1. The Labute approximate surface area is 164 Å². The lowest BCUT2D eigenvalue weighted by Gasteiger charge is -2.10. The Hall–Kier alpha value is -2.38. The zero-order valence-corrected chi connectivity index (χ0v) is 15.8. The predicted octanol–water partition coefficient (Wildman–Crippen LogP) is 4.67. The van der Waals surface area contributed by atoms with Crippen molar-refractivity contribution in [3.63, 3.8) is 0 Å². The molecule has 1 heterocycles. The smallest absolute Gasteiger partial charge is 0.234 e. The third kappa shape index (κ3) is 4.14. The first-order valence-electron chi connectivity index (χ1n) is 8.50. The van der Waals surface area contributed by atoms with Gasteiger partial charge in [0, 0.05) is 17.3 Å². The third-order valence-electron chi connectivity index (χ3n) is 4.15. The first-order chi connectivity index (χ1) is 13.1. The van der Waals surface area contributed by atoms with Gasteiger partial charge in [0.05, 0.1) is 10.8 Å². The zero-order valence-electron chi connectivity index (χ0n) is 14.2. The highest BCUT2D eigenvalue weighted by Crippen LogP contribution is 2.41. The van der Waals surface area contributed by atoms with E-state index in [1.807, 2.05) is 34.9 Å². The van der Waals surface area contributed by atoms with Gasteiger partial charge in [-0.05, 0) is 43.2 Å². The van der Waals surface area contributed by atoms with Crippen molar-refractivity contribution in [2.45, 2.75) is 23.9 Å². The van der Waals surface area contributed by atoms with Gasteiger partial charge in [0.15, 0.2) is 5.16 Å². The Morgan fingerprint density at radius 2 is 2.00 bits per heavy atom. The fourth-order valence-electron chi connectivity index (χ4n) is 2.70. The number of carbonyl (C=O) groups excluding carboxylic acids is 1. The van der Waals surface area contributed by atoms with Crippen LogP contribution in [0.2, 0.25) is 5.02 Å². The van der Waals surface area contributed by atoms with Crippen LogP contribution in [0.1, 0.15) is 24.6 Å². The van der Waals surface area contributed by atoms with Crippen LogP contribution in [-0.4, -0.2) is 26.4 Å². The molecule has 0 unspecified atom stereocenters. The number of benzene rings is 2. The molecular weight excluding hydrogens is 387 g/mol. The molecule has 1 fully saturated rings. The molecule has 1 aliphatic rings. The van der Waals surface area contributed by atoms with Gasteiger partial charge in [-0.2, -0.15) is 0 Å². The van der Waals surface area contributed by atoms with Gasteiger partial charge in [0.25, 0.3) is 0 Å². The number of rotatable bonds is 6. The van der Waals surface area contributed by atoms with Crippen LogP contribution in [0, 0.1) is 5.82 Å². The number of para-hydroxylation sites is 1. The molecular formula is C19H16ClFN4OS. The lowest BCUT2D eigenvalue weighted by Crippen LogP contribution is -2.14. The summed E-state index contributed by atoms with van der Waals surface area (Å²) in [5.41, 5.74) is 1.44. The molecule has 1 N–H and O–H groups in total. The van der Waals surface area contributed by atoms with Crippen LogP contribution in [0.3, 0.4) is 0 Å². The fraction of sp³-hybridized carbons (Fsp3) is 0.211. The van der Waals surface area contributed by atoms with Crippen LogP contribution in [0.5, 0.6) is 0 Å². The van der Waals surface area contributed by atoms with Gasteiger partial charge in [-0.15, -0.1) is 10.2 Å². The zero-order chi connectivity index (χ0) is 18.8. The standard InChI is InChI=1S/C19H16ClFN4OS/c20-15-10-13(8-9-16(15)21)22-17(26)11-27-19-24-23-18(12-6-7-12)25(19)14-4-2-1-3-5-14/h1-5,8-10,12H,6-7,11H2,(H,22,26). The molecule has 1 aliphatic carbocycles. The minimum absolute atomic E-state index is 0.0293. The highest BCUT2D eigenvalue weighted by atomic mass is 35.5. The van der Waals surface area contributed by atoms with E-state index in [0.717, 1.165) is 24.4 Å². The molecule has 0 aliphatic heterocycles. The molecule has 1 amide bonds. The van der Waals surface area contributed by atoms with Crippen molar-refractivity contribution in [3.05, 3.63) is 65.2 Å². The summed E-state index contributed by atoms with van der Waals surface area (Å²) in [7, 11) is 0. The molecule has 1 saturated carbocycles. The van der Waals surface area contributed by atoms with Crippen LogP contribution in [0.25, 0.3) is 5.69 Å². The first kappa shape index (κ1) is 18.0. The molecule has 0 bridgehead atoms. The largest absolute Gasteiger partial charge is 0.325 e. The van der Waals surface area contributed by atoms with Crippen molar-refractivity contribution < 1.29 is 9.18 Å². The van der Waals surface area contributed by atoms with Crippen LogP contribution >= 0.6 is 23.4 Å². The second-order valence-electron chi connectivity index (χ2n) is 6.25. The van der Waals surface area contributed by atoms with Gasteiger partial charge in [-0.1, -0.05) is 41.6 Å². The molecule has 8 heteroatoms. The van der Waals surface area contributed by atoms with Gasteiger partial charge in [-0.3, -0.25) is 9.36 Å². The monoisotopic (exact) mass is 402 g/mol. The molecule has 138 valence electrons. The van der Waals surface area contributed by atoms with Crippen molar-refractivity contribution in [1.82, 2.24) is 14.8 Å². The summed E-state index contributed by atoms with van der Waals surface area (Å²) in [6.07, 6.45) is 2.23. The minimum Gasteiger partial charge on any atom is -0.325 e. The van der Waals surface area contributed by atoms with Crippen LogP contribution in [0.15, 0.2) is 53.7 Å². The van der Waals surface area contributed by atoms with Crippen molar-refractivity contribution in [3.8, 4) is 5.69 Å². The summed E-state index contributed by atoms with van der Waals surface area (Å²) in [5.74, 6) is 0.785. The van der Waals surface area contributed by atoms with E-state index in [0.29, 0.717) is 16.8 Å². The maximum Gasteiger partial charge on any atom is 0.234 e. The maximum atomic E-state index is 13.2. The highest BCUT2D eigenvalue weighted by molar-refractivity contribution is 7.99. The number of halogens is 2. The molecule has 3 aromatic rings. The summed E-state index contributed by atoms with van der Waals surface area (Å²) in [6, 6.07) is 14.0. The number of hydrogen-bond acceptors (Lipinski definition) is 4. The minimum atomic E-state index is -0.521. The summed E-state index contributed by atoms with van der Waals surface area (Å²) >= 11 is 7.06. The van der Waals surface area contributed by atoms with Gasteiger partial charge in [0.1, 0.15) is 11.6 Å². The lowest BCUT2D eigenvalue weighted by molar-refractivity contribution is -0.113. The molecule has 0 saturated heterocycles. The van der Waals surface area contributed by atoms with Gasteiger partial charge in [0.2, 0.25) is 5.91 Å². The summed E-state index contributed by atoms with van der Waals surface area (Å²) < 4.78 is 15.2. The molecule has 0 radical (unpaired) electrons. The van der Waals surface area contributed by atoms with Gasteiger partial charge in [-0.25, -0.2) is 4.39 Å². The van der Waals surface area contributed by atoms with Gasteiger partial charge >= 0.3 is 0 Å². The summed E-state index contributed by atoms with van der Waals surface area (Å²) in [4.78, 5) is 12.3. The fourth-order valence-corrected chi connectivity index (χ4v) is 3.64. The Bertz CT molecular complexity index is 975. The quantitative estimate of drug-likeness (QED) is 0.609. The SMILES string of the molecule is O=C(CSc1nnc(C2CC2)n1-c1ccccc1)Nc1ccc(F)c(Cl)c1. The molecule has 2 aromatic carbocycles. The topological polar surface area (TPSA) is 59.8 Å². The van der Waals surface area contributed by atoms with E-state index in [1.165, 1.54) is 30.0 Å². The average Bonchev–Trinajstić information content (AvgIpc) is 3.43. The van der Waals surface area contributed by atoms with Crippen molar-refractivity contribution in [2.24, 2.45) is 0 Å². The predicted molar refractivity (Wildman–Crippen MR) is 104 cm³/mol. The van der Waals surface area contributed by atoms with E-state index in [4.69, 9.17) is 11.6 Å². The summed E-state index contributed by atoms with van der Waals surface area (Å²) in [5, 5.41) is 12.0. The molecule has 0 spiro atoms. The molecule has 4 rings (SSSR count). The van der Waals surface area contributed by atoms with Crippen LogP contribution in [0.4, 0.5) is 10.1 Å². The number of nitrogens with one attached hydrogen (secondary N) is 1. The second kappa shape index (κ2) is 7.70. The number of hydrogen-bond donors (Lipinski definition) is 1. The molecule has 5 nitrogen and oxygen atoms in total. The normalized spacial score (nSPS) is 13.6. The van der Waals surface area contributed by atoms with Crippen LogP contribution in [-0.2, 0) is 4.79 Å². The Kier molecular flexibility index (Phi) is 5.13. The van der Waals surface area contributed by atoms with Crippen molar-refractivity contribution in [2.75, 3.05) is 11.1 Å². The number of thioether (sulfide) groups is 1. The highest BCUT2D eigenvalue weighted by Gasteiger charge is 2.31. The number of anilines is 1. The van der Waals surface area contributed by atoms with E-state index in [9.17, 15) is 9.18 Å². The molecule has 1 aromatic heterocycles. The van der Waals surface area contributed by atoms with Crippen molar-refractivity contribution >= 4 is 35.0 Å². The lowest BCUT2D eigenvalue weighted by atomic mass is 10.3. The van der Waals surface area contributed by atoms with Gasteiger partial charge < -0.3 is 5.32 Å². The Morgan fingerprint density at radius 1 is 1.22 bits per heavy atom. The number of amides is 1. The average molecular weight is 403 g/mol. The van der Waals surface area contributed by atoms with Crippen LogP contribution < -0.4 is 5.32 Å². The maximum absolute atomic E-state index is 13.2. The van der Waals surface area contributed by atoms with E-state index >= 15 is 0 Å². The molecule has 27 heavy (non-hydrogen) atoms. The van der Waals surface area contributed by atoms with E-state index in [-0.39, 0.29) is 16.7 Å². The number of nitrogens with zero attached hydrogens (tertiary/aromatic N) is 3. The number of aromatic nitrogens is 3. The third-order valence-corrected chi connectivity index (χ3v) is 5.37. The van der Waals surface area contributed by atoms with E-state index in [2.05, 4.69) is 15.5 Å². The Morgan fingerprint density at radius 3 is 2.70 bits per heavy atom. The van der Waals surface area contributed by atoms with Crippen molar-refractivity contribution in [1.29, 1.82) is 0 Å². The first-order valence-corrected chi connectivity index (χ1v) is 9.86. The second-order valence-corrected chi connectivity index (χ2v) is 7.60. The summed E-state index contributed by atoms with van der Waals surface area (Å²) in [6.45, 7) is 0. The Balaban J connectivity index is 1.48.